The highest BCUT2D eigenvalue weighted by atomic mass is 16.3. The van der Waals surface area contributed by atoms with E-state index in [9.17, 15) is 10.2 Å². The van der Waals surface area contributed by atoms with E-state index in [1.54, 1.807) is 18.2 Å². The molecule has 0 heterocycles. The van der Waals surface area contributed by atoms with Crippen LogP contribution in [0.1, 0.15) is 36.1 Å². The number of rotatable bonds is 3. The topological polar surface area (TPSA) is 40.5 Å². The van der Waals surface area contributed by atoms with Gasteiger partial charge >= 0.3 is 0 Å². The molecule has 0 radical (unpaired) electrons. The number of phenolic OH excluding ortho intramolecular Hbond substituents is 2. The highest BCUT2D eigenvalue weighted by Crippen LogP contribution is 2.39. The third kappa shape index (κ3) is 3.12. The Morgan fingerprint density at radius 1 is 0.720 bits per heavy atom. The Bertz CT molecular complexity index is 906. The summed E-state index contributed by atoms with van der Waals surface area (Å²) in [5.74, 6) is 0.556. The van der Waals surface area contributed by atoms with E-state index >= 15 is 0 Å². The molecule has 3 rings (SSSR count). The molecule has 0 amide bonds. The lowest BCUT2D eigenvalue weighted by atomic mass is 9.77. The van der Waals surface area contributed by atoms with Crippen LogP contribution in [0.15, 0.2) is 60.7 Å². The lowest BCUT2D eigenvalue weighted by molar-refractivity contribution is 0.474. The first-order valence-electron chi connectivity index (χ1n) is 8.50. The second-order valence-electron chi connectivity index (χ2n) is 7.15. The van der Waals surface area contributed by atoms with Crippen molar-refractivity contribution in [3.8, 4) is 22.6 Å². The zero-order chi connectivity index (χ0) is 18.2. The molecule has 0 saturated heterocycles. The van der Waals surface area contributed by atoms with Crippen molar-refractivity contribution in [1.82, 2.24) is 0 Å². The second kappa shape index (κ2) is 6.29. The van der Waals surface area contributed by atoms with Gasteiger partial charge in [-0.05, 0) is 65.9 Å². The molecule has 25 heavy (non-hydrogen) atoms. The van der Waals surface area contributed by atoms with Crippen LogP contribution in [-0.2, 0) is 5.41 Å². The van der Waals surface area contributed by atoms with Crippen molar-refractivity contribution in [3.05, 3.63) is 82.9 Å². The molecule has 128 valence electrons. The van der Waals surface area contributed by atoms with Gasteiger partial charge in [0.2, 0.25) is 0 Å². The average molecular weight is 332 g/mol. The molecule has 0 bridgehead atoms. The quantitative estimate of drug-likeness (QED) is 0.645. The van der Waals surface area contributed by atoms with E-state index in [1.807, 2.05) is 24.3 Å². The molecule has 0 saturated carbocycles. The number of aryl methyl sites for hydroxylation is 1. The monoisotopic (exact) mass is 332 g/mol. The van der Waals surface area contributed by atoms with E-state index in [4.69, 9.17) is 0 Å². The fourth-order valence-corrected chi connectivity index (χ4v) is 3.23. The summed E-state index contributed by atoms with van der Waals surface area (Å²) in [6, 6.07) is 19.3. The molecule has 3 aromatic carbocycles. The molecular weight excluding hydrogens is 308 g/mol. The van der Waals surface area contributed by atoms with E-state index < -0.39 is 0 Å². The van der Waals surface area contributed by atoms with Crippen LogP contribution >= 0.6 is 0 Å². The number of hydrogen-bond acceptors (Lipinski definition) is 2. The Kier molecular flexibility index (Phi) is 4.30. The van der Waals surface area contributed by atoms with Crippen molar-refractivity contribution in [3.63, 3.8) is 0 Å². The van der Waals surface area contributed by atoms with Gasteiger partial charge in [0.1, 0.15) is 11.5 Å². The number of hydrogen-bond donors (Lipinski definition) is 2. The zero-order valence-corrected chi connectivity index (χ0v) is 15.2. The molecule has 0 atom stereocenters. The summed E-state index contributed by atoms with van der Waals surface area (Å²) < 4.78 is 0. The molecule has 0 fully saturated rings. The highest BCUT2D eigenvalue weighted by molar-refractivity contribution is 5.75. The van der Waals surface area contributed by atoms with Gasteiger partial charge in [-0.3, -0.25) is 0 Å². The molecule has 2 heteroatoms. The molecule has 0 aliphatic carbocycles. The number of aromatic hydroxyl groups is 2. The Morgan fingerprint density at radius 2 is 1.36 bits per heavy atom. The molecule has 0 aliphatic heterocycles. The minimum Gasteiger partial charge on any atom is -0.508 e. The summed E-state index contributed by atoms with van der Waals surface area (Å²) in [6.07, 6.45) is 0. The van der Waals surface area contributed by atoms with E-state index in [2.05, 4.69) is 45.9 Å². The fourth-order valence-electron chi connectivity index (χ4n) is 3.23. The molecule has 3 aromatic rings. The lowest BCUT2D eigenvalue weighted by Crippen LogP contribution is -2.18. The van der Waals surface area contributed by atoms with Crippen LogP contribution in [0.25, 0.3) is 11.1 Å². The SMILES string of the molecule is Cc1cccc(-c2cc(C(C)(C)c3ccc(O)cc3)ccc2O)c1C. The summed E-state index contributed by atoms with van der Waals surface area (Å²) in [7, 11) is 0. The van der Waals surface area contributed by atoms with Gasteiger partial charge in [0.05, 0.1) is 0 Å². The van der Waals surface area contributed by atoms with E-state index in [1.165, 1.54) is 11.1 Å². The molecule has 0 aromatic heterocycles. The maximum absolute atomic E-state index is 10.4. The first-order valence-corrected chi connectivity index (χ1v) is 8.50. The third-order valence-corrected chi connectivity index (χ3v) is 5.20. The van der Waals surface area contributed by atoms with Gasteiger partial charge in [0, 0.05) is 11.0 Å². The van der Waals surface area contributed by atoms with Crippen molar-refractivity contribution in [2.45, 2.75) is 33.1 Å². The minimum atomic E-state index is -0.242. The summed E-state index contributed by atoms with van der Waals surface area (Å²) in [5.41, 5.74) is 6.28. The number of benzene rings is 3. The van der Waals surface area contributed by atoms with Crippen molar-refractivity contribution in [1.29, 1.82) is 0 Å². The van der Waals surface area contributed by atoms with E-state index in [0.29, 0.717) is 5.75 Å². The van der Waals surface area contributed by atoms with Gasteiger partial charge < -0.3 is 10.2 Å². The van der Waals surface area contributed by atoms with Crippen LogP contribution in [0.5, 0.6) is 11.5 Å². The Balaban J connectivity index is 2.13. The standard InChI is InChI=1S/C23H24O2/c1-15-6-5-7-20(16(15)2)21-14-18(10-13-22(21)25)23(3,4)17-8-11-19(24)12-9-17/h5-14,24-25H,1-4H3. The van der Waals surface area contributed by atoms with Crippen LogP contribution in [0.3, 0.4) is 0 Å². The molecule has 2 N–H and O–H groups in total. The van der Waals surface area contributed by atoms with Crippen LogP contribution in [-0.4, -0.2) is 10.2 Å². The predicted molar refractivity (Wildman–Crippen MR) is 103 cm³/mol. The lowest BCUT2D eigenvalue weighted by Gasteiger charge is -2.27. The van der Waals surface area contributed by atoms with Gasteiger partial charge in [-0.15, -0.1) is 0 Å². The Morgan fingerprint density at radius 3 is 2.04 bits per heavy atom. The van der Waals surface area contributed by atoms with Crippen molar-refractivity contribution >= 4 is 0 Å². The summed E-state index contributed by atoms with van der Waals surface area (Å²) >= 11 is 0. The van der Waals surface area contributed by atoms with Crippen LogP contribution in [0.2, 0.25) is 0 Å². The van der Waals surface area contributed by atoms with E-state index in [0.717, 1.165) is 22.3 Å². The van der Waals surface area contributed by atoms with Crippen molar-refractivity contribution in [2.24, 2.45) is 0 Å². The summed E-state index contributed by atoms with van der Waals surface area (Å²) in [6.45, 7) is 8.47. The molecule has 2 nitrogen and oxygen atoms in total. The molecule has 0 aliphatic rings. The van der Waals surface area contributed by atoms with Gasteiger partial charge in [0.25, 0.3) is 0 Å². The van der Waals surface area contributed by atoms with Gasteiger partial charge in [-0.2, -0.15) is 0 Å². The molecule has 0 spiro atoms. The number of phenols is 2. The van der Waals surface area contributed by atoms with Crippen molar-refractivity contribution < 1.29 is 10.2 Å². The van der Waals surface area contributed by atoms with Crippen molar-refractivity contribution in [2.75, 3.05) is 0 Å². The van der Waals surface area contributed by atoms with Crippen LogP contribution in [0, 0.1) is 13.8 Å². The molecular formula is C23H24O2. The highest BCUT2D eigenvalue weighted by Gasteiger charge is 2.24. The third-order valence-electron chi connectivity index (χ3n) is 5.20. The van der Waals surface area contributed by atoms with Crippen LogP contribution in [0.4, 0.5) is 0 Å². The summed E-state index contributed by atoms with van der Waals surface area (Å²) in [5, 5.41) is 20.0. The smallest absolute Gasteiger partial charge is 0.123 e. The Hall–Kier alpha value is -2.74. The van der Waals surface area contributed by atoms with Gasteiger partial charge in [-0.25, -0.2) is 0 Å². The van der Waals surface area contributed by atoms with Gasteiger partial charge in [0.15, 0.2) is 0 Å². The first-order chi connectivity index (χ1) is 11.8. The van der Waals surface area contributed by atoms with E-state index in [-0.39, 0.29) is 11.2 Å². The van der Waals surface area contributed by atoms with Crippen LogP contribution < -0.4 is 0 Å². The molecule has 0 unspecified atom stereocenters. The first kappa shape index (κ1) is 17.1. The predicted octanol–water partition coefficient (Wildman–Crippen LogP) is 5.71. The maximum Gasteiger partial charge on any atom is 0.123 e. The zero-order valence-electron chi connectivity index (χ0n) is 15.2. The second-order valence-corrected chi connectivity index (χ2v) is 7.15. The van der Waals surface area contributed by atoms with Gasteiger partial charge in [-0.1, -0.05) is 50.2 Å². The maximum atomic E-state index is 10.4. The normalized spacial score (nSPS) is 11.5. The Labute approximate surface area is 149 Å². The fraction of sp³-hybridized carbons (Fsp3) is 0.217. The minimum absolute atomic E-state index is 0.242. The largest absolute Gasteiger partial charge is 0.508 e. The summed E-state index contributed by atoms with van der Waals surface area (Å²) in [4.78, 5) is 0. The average Bonchev–Trinajstić information content (AvgIpc) is 2.58.